The number of primary amides is 1. The molecule has 1 aliphatic heterocycles. The molecule has 1 aliphatic rings. The first kappa shape index (κ1) is 17.4. The molecule has 3 heterocycles. The van der Waals surface area contributed by atoms with Crippen LogP contribution in [0, 0.1) is 12.8 Å². The van der Waals surface area contributed by atoms with Crippen LogP contribution in [0.4, 0.5) is 0 Å². The largest absolute Gasteiger partial charge is 0.493 e. The molecule has 6 nitrogen and oxygen atoms in total. The molecular formula is C18H21N3O3S. The van der Waals surface area contributed by atoms with Gasteiger partial charge in [-0.15, -0.1) is 11.3 Å². The third-order valence-electron chi connectivity index (χ3n) is 4.32. The molecule has 1 saturated heterocycles. The number of likely N-dealkylation sites (tertiary alicyclic amines) is 1. The van der Waals surface area contributed by atoms with Gasteiger partial charge in [-0.1, -0.05) is 0 Å². The SMILES string of the molecule is Cc1ccc(C(=O)N2CCC(COc3ccnc(C(N)=O)c3)CC2)s1. The number of hydrogen-bond acceptors (Lipinski definition) is 5. The fourth-order valence-electron chi connectivity index (χ4n) is 2.86. The molecule has 0 aliphatic carbocycles. The van der Waals surface area contributed by atoms with Gasteiger partial charge in [0.1, 0.15) is 11.4 Å². The van der Waals surface area contributed by atoms with Crippen LogP contribution < -0.4 is 10.5 Å². The Labute approximate surface area is 150 Å². The highest BCUT2D eigenvalue weighted by atomic mass is 32.1. The number of aromatic nitrogens is 1. The number of hydrogen-bond donors (Lipinski definition) is 1. The number of carbonyl (C=O) groups is 2. The minimum Gasteiger partial charge on any atom is -0.493 e. The van der Waals surface area contributed by atoms with E-state index in [4.69, 9.17) is 10.5 Å². The van der Waals surface area contributed by atoms with Gasteiger partial charge in [0, 0.05) is 30.2 Å². The summed E-state index contributed by atoms with van der Waals surface area (Å²) in [5.74, 6) is 0.537. The van der Waals surface area contributed by atoms with E-state index in [0.29, 0.717) is 18.3 Å². The Balaban J connectivity index is 1.49. The summed E-state index contributed by atoms with van der Waals surface area (Å²) in [7, 11) is 0. The molecular weight excluding hydrogens is 338 g/mol. The van der Waals surface area contributed by atoms with Crippen molar-refractivity contribution in [1.82, 2.24) is 9.88 Å². The molecule has 0 unspecified atom stereocenters. The van der Waals surface area contributed by atoms with Crippen LogP contribution in [0.5, 0.6) is 5.75 Å². The molecule has 2 aromatic heterocycles. The van der Waals surface area contributed by atoms with Gasteiger partial charge in [0.05, 0.1) is 11.5 Å². The Morgan fingerprint density at radius 3 is 2.72 bits per heavy atom. The maximum absolute atomic E-state index is 12.5. The number of piperidine rings is 1. The zero-order chi connectivity index (χ0) is 17.8. The van der Waals surface area contributed by atoms with Crippen molar-refractivity contribution < 1.29 is 14.3 Å². The first-order valence-electron chi connectivity index (χ1n) is 8.27. The Kier molecular flexibility index (Phi) is 5.33. The van der Waals surface area contributed by atoms with E-state index >= 15 is 0 Å². The van der Waals surface area contributed by atoms with Gasteiger partial charge < -0.3 is 15.4 Å². The number of nitrogens with zero attached hydrogens (tertiary/aromatic N) is 2. The normalized spacial score (nSPS) is 15.2. The number of pyridine rings is 1. The molecule has 25 heavy (non-hydrogen) atoms. The molecule has 7 heteroatoms. The summed E-state index contributed by atoms with van der Waals surface area (Å²) in [5.41, 5.74) is 5.42. The van der Waals surface area contributed by atoms with Crippen LogP contribution in [0.25, 0.3) is 0 Å². The molecule has 0 aromatic carbocycles. The highest BCUT2D eigenvalue weighted by Gasteiger charge is 2.24. The van der Waals surface area contributed by atoms with E-state index in [0.717, 1.165) is 35.7 Å². The number of amides is 2. The zero-order valence-corrected chi connectivity index (χ0v) is 14.9. The lowest BCUT2D eigenvalue weighted by atomic mass is 9.97. The van der Waals surface area contributed by atoms with Gasteiger partial charge in [0.25, 0.3) is 11.8 Å². The van der Waals surface area contributed by atoms with Crippen LogP contribution in [-0.2, 0) is 0 Å². The van der Waals surface area contributed by atoms with Crippen molar-refractivity contribution in [2.24, 2.45) is 11.7 Å². The number of aryl methyl sites for hydroxylation is 1. The van der Waals surface area contributed by atoms with Crippen molar-refractivity contribution in [3.8, 4) is 5.75 Å². The van der Waals surface area contributed by atoms with Gasteiger partial charge in [0.15, 0.2) is 0 Å². The van der Waals surface area contributed by atoms with Crippen LogP contribution in [0.2, 0.25) is 0 Å². The number of rotatable bonds is 5. The maximum atomic E-state index is 12.5. The van der Waals surface area contributed by atoms with Crippen molar-refractivity contribution in [2.75, 3.05) is 19.7 Å². The first-order valence-corrected chi connectivity index (χ1v) is 9.09. The predicted octanol–water partition coefficient (Wildman–Crippen LogP) is 2.48. The summed E-state index contributed by atoms with van der Waals surface area (Å²) in [6.45, 7) is 4.05. The van der Waals surface area contributed by atoms with E-state index < -0.39 is 5.91 Å². The topological polar surface area (TPSA) is 85.5 Å². The van der Waals surface area contributed by atoms with Crippen molar-refractivity contribution in [3.63, 3.8) is 0 Å². The summed E-state index contributed by atoms with van der Waals surface area (Å²) < 4.78 is 5.77. The number of ether oxygens (including phenoxy) is 1. The molecule has 1 fully saturated rings. The molecule has 2 aromatic rings. The van der Waals surface area contributed by atoms with Gasteiger partial charge in [-0.25, -0.2) is 0 Å². The number of thiophene rings is 1. The second-order valence-electron chi connectivity index (χ2n) is 6.20. The number of nitrogens with two attached hydrogens (primary N) is 1. The van der Waals surface area contributed by atoms with Crippen LogP contribution in [0.3, 0.4) is 0 Å². The van der Waals surface area contributed by atoms with E-state index in [1.54, 1.807) is 23.5 Å². The second kappa shape index (κ2) is 7.65. The lowest BCUT2D eigenvalue weighted by Crippen LogP contribution is -2.39. The first-order chi connectivity index (χ1) is 12.0. The monoisotopic (exact) mass is 359 g/mol. The molecule has 3 rings (SSSR count). The van der Waals surface area contributed by atoms with E-state index in [2.05, 4.69) is 4.98 Å². The fraction of sp³-hybridized carbons (Fsp3) is 0.389. The molecule has 132 valence electrons. The van der Waals surface area contributed by atoms with Gasteiger partial charge in [0.2, 0.25) is 0 Å². The van der Waals surface area contributed by atoms with Crippen LogP contribution in [0.1, 0.15) is 37.9 Å². The summed E-state index contributed by atoms with van der Waals surface area (Å²) in [6, 6.07) is 7.15. The van der Waals surface area contributed by atoms with E-state index in [9.17, 15) is 9.59 Å². The molecule has 0 atom stereocenters. The van der Waals surface area contributed by atoms with Gasteiger partial charge in [-0.2, -0.15) is 0 Å². The van der Waals surface area contributed by atoms with Crippen LogP contribution in [-0.4, -0.2) is 41.4 Å². The zero-order valence-electron chi connectivity index (χ0n) is 14.1. The van der Waals surface area contributed by atoms with Crippen molar-refractivity contribution >= 4 is 23.2 Å². The molecule has 0 spiro atoms. The van der Waals surface area contributed by atoms with Gasteiger partial charge >= 0.3 is 0 Å². The summed E-state index contributed by atoms with van der Waals surface area (Å²) in [4.78, 5) is 31.4. The average Bonchev–Trinajstić information content (AvgIpc) is 3.06. The average molecular weight is 359 g/mol. The van der Waals surface area contributed by atoms with Crippen LogP contribution in [0.15, 0.2) is 30.5 Å². The minimum absolute atomic E-state index is 0.123. The third-order valence-corrected chi connectivity index (χ3v) is 5.31. The Morgan fingerprint density at radius 1 is 1.32 bits per heavy atom. The van der Waals surface area contributed by atoms with E-state index in [1.165, 1.54) is 6.20 Å². The lowest BCUT2D eigenvalue weighted by Gasteiger charge is -2.31. The summed E-state index contributed by atoms with van der Waals surface area (Å²) in [6.07, 6.45) is 3.33. The second-order valence-corrected chi connectivity index (χ2v) is 7.49. The highest BCUT2D eigenvalue weighted by Crippen LogP contribution is 2.23. The molecule has 2 N–H and O–H groups in total. The minimum atomic E-state index is -0.568. The fourth-order valence-corrected chi connectivity index (χ4v) is 3.69. The standard InChI is InChI=1S/C18H21N3O3S/c1-12-2-3-16(25-12)18(23)21-8-5-13(6-9-21)11-24-14-4-7-20-15(10-14)17(19)22/h2-4,7,10,13H,5-6,8-9,11H2,1H3,(H2,19,22). The van der Waals surface area contributed by atoms with Crippen molar-refractivity contribution in [2.45, 2.75) is 19.8 Å². The van der Waals surface area contributed by atoms with Gasteiger partial charge in [-0.3, -0.25) is 14.6 Å². The predicted molar refractivity (Wildman–Crippen MR) is 95.9 cm³/mol. The van der Waals surface area contributed by atoms with Crippen LogP contribution >= 0.6 is 11.3 Å². The molecule has 0 bridgehead atoms. The summed E-state index contributed by atoms with van der Waals surface area (Å²) >= 11 is 1.54. The Morgan fingerprint density at radius 2 is 2.08 bits per heavy atom. The third kappa shape index (κ3) is 4.36. The smallest absolute Gasteiger partial charge is 0.267 e. The summed E-state index contributed by atoms with van der Waals surface area (Å²) in [5, 5.41) is 0. The maximum Gasteiger partial charge on any atom is 0.267 e. The van der Waals surface area contributed by atoms with Gasteiger partial charge in [-0.05, 0) is 43.9 Å². The molecule has 2 amide bonds. The lowest BCUT2D eigenvalue weighted by molar-refractivity contribution is 0.0666. The van der Waals surface area contributed by atoms with Crippen molar-refractivity contribution in [1.29, 1.82) is 0 Å². The highest BCUT2D eigenvalue weighted by molar-refractivity contribution is 7.13. The van der Waals surface area contributed by atoms with Crippen molar-refractivity contribution in [3.05, 3.63) is 45.9 Å². The molecule has 0 radical (unpaired) electrons. The van der Waals surface area contributed by atoms with E-state index in [-0.39, 0.29) is 11.6 Å². The Hall–Kier alpha value is -2.41. The number of carbonyl (C=O) groups excluding carboxylic acids is 2. The van der Waals surface area contributed by atoms with E-state index in [1.807, 2.05) is 24.0 Å². The Bertz CT molecular complexity index is 766. The quantitative estimate of drug-likeness (QED) is 0.889. The molecule has 0 saturated carbocycles.